The maximum atomic E-state index is 13.9. The van der Waals surface area contributed by atoms with Gasteiger partial charge in [-0.15, -0.1) is 11.3 Å². The number of aryl methyl sites for hydroxylation is 1. The van der Waals surface area contributed by atoms with Crippen LogP contribution in [0.3, 0.4) is 0 Å². The first-order chi connectivity index (χ1) is 16.2. The SMILES string of the molecule is CC(C)CN(CC(C)C)C(=O)CSc1nc2sc3c(c2c(=O)n1-c1ccccc1)CCC(C)C3. The fourth-order valence-corrected chi connectivity index (χ4v) is 6.99. The van der Waals surface area contributed by atoms with Crippen molar-refractivity contribution in [3.05, 3.63) is 51.1 Å². The summed E-state index contributed by atoms with van der Waals surface area (Å²) in [6.07, 6.45) is 3.06. The number of carbonyl (C=O) groups is 1. The average Bonchev–Trinajstić information content (AvgIpc) is 3.14. The van der Waals surface area contributed by atoms with Crippen molar-refractivity contribution < 1.29 is 4.79 Å². The van der Waals surface area contributed by atoms with Crippen molar-refractivity contribution in [1.29, 1.82) is 0 Å². The largest absolute Gasteiger partial charge is 0.341 e. The molecule has 0 fully saturated rings. The van der Waals surface area contributed by atoms with E-state index in [1.54, 1.807) is 15.9 Å². The molecule has 0 spiro atoms. The van der Waals surface area contributed by atoms with Gasteiger partial charge >= 0.3 is 0 Å². The smallest absolute Gasteiger partial charge is 0.267 e. The predicted molar refractivity (Wildman–Crippen MR) is 143 cm³/mol. The van der Waals surface area contributed by atoms with Crippen molar-refractivity contribution in [2.75, 3.05) is 18.8 Å². The molecule has 0 radical (unpaired) electrons. The van der Waals surface area contributed by atoms with E-state index in [1.807, 2.05) is 35.2 Å². The second-order valence-electron chi connectivity index (χ2n) is 10.3. The molecule has 5 nitrogen and oxygen atoms in total. The third-order valence-electron chi connectivity index (χ3n) is 6.16. The highest BCUT2D eigenvalue weighted by Crippen LogP contribution is 2.37. The van der Waals surface area contributed by atoms with Crippen LogP contribution in [0.25, 0.3) is 15.9 Å². The van der Waals surface area contributed by atoms with Crippen LogP contribution in [0.15, 0.2) is 40.3 Å². The molecule has 0 bridgehead atoms. The molecule has 1 aliphatic carbocycles. The van der Waals surface area contributed by atoms with Gasteiger partial charge in [0.1, 0.15) is 4.83 Å². The zero-order chi connectivity index (χ0) is 24.4. The number of carbonyl (C=O) groups excluding carboxylic acids is 1. The van der Waals surface area contributed by atoms with Gasteiger partial charge in [0.15, 0.2) is 5.16 Å². The molecule has 3 aromatic rings. The first-order valence-corrected chi connectivity index (χ1v) is 14.1. The molecule has 0 N–H and O–H groups in total. The molecule has 1 aliphatic rings. The Balaban J connectivity index is 1.73. The minimum absolute atomic E-state index is 0.0144. The Kier molecular flexibility index (Phi) is 7.83. The number of nitrogens with zero attached hydrogens (tertiary/aromatic N) is 3. The Labute approximate surface area is 210 Å². The molecule has 2 aromatic heterocycles. The molecule has 1 unspecified atom stereocenters. The van der Waals surface area contributed by atoms with Crippen LogP contribution in [-0.2, 0) is 17.6 Å². The van der Waals surface area contributed by atoms with Gasteiger partial charge in [0.05, 0.1) is 16.8 Å². The lowest BCUT2D eigenvalue weighted by Crippen LogP contribution is -2.38. The lowest BCUT2D eigenvalue weighted by molar-refractivity contribution is -0.129. The fourth-order valence-electron chi connectivity index (χ4n) is 4.65. The Bertz CT molecular complexity index is 1200. The summed E-state index contributed by atoms with van der Waals surface area (Å²) in [6.45, 7) is 12.3. The molecular formula is C27H35N3O2S2. The molecule has 0 saturated carbocycles. The van der Waals surface area contributed by atoms with Crippen LogP contribution in [-0.4, -0.2) is 39.2 Å². The lowest BCUT2D eigenvalue weighted by Gasteiger charge is -2.26. The van der Waals surface area contributed by atoms with Crippen molar-refractivity contribution in [1.82, 2.24) is 14.5 Å². The molecule has 34 heavy (non-hydrogen) atoms. The van der Waals surface area contributed by atoms with E-state index in [0.29, 0.717) is 22.9 Å². The van der Waals surface area contributed by atoms with Gasteiger partial charge in [-0.2, -0.15) is 0 Å². The van der Waals surface area contributed by atoms with Gasteiger partial charge in [0, 0.05) is 18.0 Å². The third kappa shape index (κ3) is 5.41. The molecule has 0 saturated heterocycles. The Morgan fingerprint density at radius 1 is 1.18 bits per heavy atom. The molecule has 2 heterocycles. The summed E-state index contributed by atoms with van der Waals surface area (Å²) in [5.74, 6) is 1.82. The first kappa shape index (κ1) is 25.0. The first-order valence-electron chi connectivity index (χ1n) is 12.3. The van der Waals surface area contributed by atoms with Gasteiger partial charge in [0.2, 0.25) is 5.91 Å². The normalized spacial score (nSPS) is 15.8. The zero-order valence-electron chi connectivity index (χ0n) is 20.8. The van der Waals surface area contributed by atoms with Gasteiger partial charge in [-0.1, -0.05) is 64.6 Å². The number of hydrogen-bond donors (Lipinski definition) is 0. The number of para-hydroxylation sites is 1. The van der Waals surface area contributed by atoms with E-state index in [2.05, 4.69) is 34.6 Å². The van der Waals surface area contributed by atoms with Crippen LogP contribution in [0.4, 0.5) is 0 Å². The van der Waals surface area contributed by atoms with Crippen LogP contribution < -0.4 is 5.56 Å². The third-order valence-corrected chi connectivity index (χ3v) is 8.23. The molecule has 7 heteroatoms. The van der Waals surface area contributed by atoms with Gasteiger partial charge < -0.3 is 4.90 Å². The van der Waals surface area contributed by atoms with Crippen molar-refractivity contribution in [2.24, 2.45) is 17.8 Å². The molecule has 1 amide bonds. The summed E-state index contributed by atoms with van der Waals surface area (Å²) in [7, 11) is 0. The van der Waals surface area contributed by atoms with E-state index < -0.39 is 0 Å². The number of aromatic nitrogens is 2. The van der Waals surface area contributed by atoms with Crippen molar-refractivity contribution in [3.8, 4) is 5.69 Å². The second kappa shape index (κ2) is 10.6. The average molecular weight is 498 g/mol. The molecule has 182 valence electrons. The van der Waals surface area contributed by atoms with E-state index in [4.69, 9.17) is 4.98 Å². The summed E-state index contributed by atoms with van der Waals surface area (Å²) >= 11 is 3.04. The van der Waals surface area contributed by atoms with E-state index in [1.165, 1.54) is 22.2 Å². The Morgan fingerprint density at radius 3 is 2.50 bits per heavy atom. The number of hydrogen-bond acceptors (Lipinski definition) is 5. The molecule has 1 aromatic carbocycles. The molecular weight excluding hydrogens is 462 g/mol. The van der Waals surface area contributed by atoms with Crippen LogP contribution in [0.2, 0.25) is 0 Å². The highest BCUT2D eigenvalue weighted by atomic mass is 32.2. The topological polar surface area (TPSA) is 55.2 Å². The van der Waals surface area contributed by atoms with Crippen molar-refractivity contribution in [2.45, 2.75) is 59.0 Å². The summed E-state index contributed by atoms with van der Waals surface area (Å²) in [4.78, 5) is 36.1. The number of thioether (sulfide) groups is 1. The molecule has 4 rings (SSSR count). The quantitative estimate of drug-likeness (QED) is 0.291. The Morgan fingerprint density at radius 2 is 1.85 bits per heavy atom. The standard InChI is InChI=1S/C27H35N3O2S2/c1-17(2)14-29(15-18(3)4)23(31)16-33-27-28-25-24(21-12-11-19(5)13-22(21)34-25)26(32)30(27)20-9-7-6-8-10-20/h6-10,17-19H,11-16H2,1-5H3. The number of rotatable bonds is 8. The summed E-state index contributed by atoms with van der Waals surface area (Å²) in [6, 6.07) is 9.68. The summed E-state index contributed by atoms with van der Waals surface area (Å²) < 4.78 is 1.71. The van der Waals surface area contributed by atoms with Crippen molar-refractivity contribution in [3.63, 3.8) is 0 Å². The maximum Gasteiger partial charge on any atom is 0.267 e. The van der Waals surface area contributed by atoms with Gasteiger partial charge in [-0.3, -0.25) is 14.2 Å². The van der Waals surface area contributed by atoms with Crippen molar-refractivity contribution >= 4 is 39.2 Å². The molecule has 0 aliphatic heterocycles. The fraction of sp³-hybridized carbons (Fsp3) is 0.519. The highest BCUT2D eigenvalue weighted by molar-refractivity contribution is 7.99. The van der Waals surface area contributed by atoms with Gasteiger partial charge in [-0.25, -0.2) is 4.98 Å². The number of amides is 1. The van der Waals surface area contributed by atoms with Crippen LogP contribution in [0.5, 0.6) is 0 Å². The molecule has 1 atom stereocenters. The van der Waals surface area contributed by atoms with E-state index >= 15 is 0 Å². The van der Waals surface area contributed by atoms with E-state index in [9.17, 15) is 9.59 Å². The minimum atomic E-state index is -0.0144. The van der Waals surface area contributed by atoms with Crippen LogP contribution in [0.1, 0.15) is 51.5 Å². The van der Waals surface area contributed by atoms with E-state index in [-0.39, 0.29) is 17.2 Å². The number of benzene rings is 1. The van der Waals surface area contributed by atoms with E-state index in [0.717, 1.165) is 48.3 Å². The predicted octanol–water partition coefficient (Wildman–Crippen LogP) is 5.80. The number of fused-ring (bicyclic) bond motifs is 3. The minimum Gasteiger partial charge on any atom is -0.341 e. The zero-order valence-corrected chi connectivity index (χ0v) is 22.5. The Hall–Kier alpha value is -2.12. The van der Waals surface area contributed by atoms with Crippen LogP contribution >= 0.6 is 23.1 Å². The maximum absolute atomic E-state index is 13.9. The lowest BCUT2D eigenvalue weighted by atomic mass is 9.89. The summed E-state index contributed by atoms with van der Waals surface area (Å²) in [5, 5.41) is 1.37. The van der Waals surface area contributed by atoms with Gasteiger partial charge in [0.25, 0.3) is 5.56 Å². The van der Waals surface area contributed by atoms with Gasteiger partial charge in [-0.05, 0) is 54.7 Å². The monoisotopic (exact) mass is 497 g/mol. The highest BCUT2D eigenvalue weighted by Gasteiger charge is 2.26. The van der Waals surface area contributed by atoms with Crippen LogP contribution in [0, 0.1) is 17.8 Å². The number of thiophene rings is 1. The summed E-state index contributed by atoms with van der Waals surface area (Å²) in [5.41, 5.74) is 1.97. The second-order valence-corrected chi connectivity index (χ2v) is 12.3.